The number of para-hydroxylation sites is 2. The van der Waals surface area contributed by atoms with Crippen LogP contribution in [0.25, 0.3) is 0 Å². The number of carbonyl (C=O) groups excluding carboxylic acids is 1. The zero-order valence-electron chi connectivity index (χ0n) is 7.84. The van der Waals surface area contributed by atoms with E-state index in [-0.39, 0.29) is 16.9 Å². The summed E-state index contributed by atoms with van der Waals surface area (Å²) in [6.45, 7) is -0.653. The van der Waals surface area contributed by atoms with E-state index in [1.807, 2.05) is 0 Å². The van der Waals surface area contributed by atoms with Gasteiger partial charge < -0.3 is 26.1 Å². The number of aliphatic hydroxyl groups is 2. The highest BCUT2D eigenvalue weighted by Gasteiger charge is 2.14. The highest BCUT2D eigenvalue weighted by molar-refractivity contribution is 5.95. The smallest absolute Gasteiger partial charge is 0.255 e. The van der Waals surface area contributed by atoms with Crippen LogP contribution in [0, 0.1) is 0 Å². The number of rotatable bonds is 3. The van der Waals surface area contributed by atoms with Crippen molar-refractivity contribution in [2.45, 2.75) is 6.10 Å². The molecule has 0 saturated heterocycles. The lowest BCUT2D eigenvalue weighted by molar-refractivity contribution is -0.125. The lowest BCUT2D eigenvalue weighted by Crippen LogP contribution is -2.30. The molecule has 1 aromatic carbocycles. The second-order valence-electron chi connectivity index (χ2n) is 2.70. The van der Waals surface area contributed by atoms with E-state index in [1.54, 1.807) is 12.1 Å². The van der Waals surface area contributed by atoms with Crippen molar-refractivity contribution in [3.63, 3.8) is 0 Å². The van der Waals surface area contributed by atoms with Crippen molar-refractivity contribution in [3.8, 4) is 5.75 Å². The molecule has 6 heteroatoms. The summed E-state index contributed by atoms with van der Waals surface area (Å²) >= 11 is 0. The topological polar surface area (TPSA) is 121 Å². The molecule has 1 rings (SSSR count). The summed E-state index contributed by atoms with van der Waals surface area (Å²) < 4.78 is 0. The van der Waals surface area contributed by atoms with Crippen molar-refractivity contribution >= 4 is 11.6 Å². The average Bonchev–Trinajstić information content (AvgIpc) is 2.20. The molecule has 84 valence electrons. The second-order valence-corrected chi connectivity index (χ2v) is 2.70. The number of nitrogens with one attached hydrogen (secondary N) is 1. The van der Waals surface area contributed by atoms with Crippen molar-refractivity contribution in [3.05, 3.63) is 24.3 Å². The highest BCUT2D eigenvalue weighted by Crippen LogP contribution is 2.21. The minimum atomic E-state index is -1.48. The van der Waals surface area contributed by atoms with Crippen molar-refractivity contribution in [1.82, 2.24) is 0 Å². The Morgan fingerprint density at radius 3 is 2.53 bits per heavy atom. The first-order chi connectivity index (χ1) is 6.65. The van der Waals surface area contributed by atoms with Gasteiger partial charge in [-0.2, -0.15) is 0 Å². The van der Waals surface area contributed by atoms with Gasteiger partial charge in [-0.25, -0.2) is 0 Å². The molecule has 0 aliphatic rings. The molecule has 0 radical (unpaired) electrons. The van der Waals surface area contributed by atoms with E-state index in [2.05, 4.69) is 5.32 Å². The van der Waals surface area contributed by atoms with Crippen LogP contribution < -0.4 is 5.32 Å². The summed E-state index contributed by atoms with van der Waals surface area (Å²) in [4.78, 5) is 11.1. The largest absolute Gasteiger partial charge is 0.506 e. The van der Waals surface area contributed by atoms with E-state index < -0.39 is 18.6 Å². The maximum absolute atomic E-state index is 11.1. The number of anilines is 1. The number of phenols is 1. The minimum Gasteiger partial charge on any atom is -0.506 e. The Balaban J connectivity index is 0.00000196. The predicted molar refractivity (Wildman–Crippen MR) is 53.4 cm³/mol. The van der Waals surface area contributed by atoms with Crippen LogP contribution in [0.3, 0.4) is 0 Å². The van der Waals surface area contributed by atoms with Crippen molar-refractivity contribution in [2.24, 2.45) is 0 Å². The molecule has 0 fully saturated rings. The predicted octanol–water partition coefficient (Wildman–Crippen LogP) is -1.14. The van der Waals surface area contributed by atoms with Gasteiger partial charge in [-0.05, 0) is 12.1 Å². The number of aromatic hydroxyl groups is 1. The first-order valence-corrected chi connectivity index (χ1v) is 4.03. The van der Waals surface area contributed by atoms with Crippen LogP contribution >= 0.6 is 0 Å². The third-order valence-corrected chi connectivity index (χ3v) is 1.64. The summed E-state index contributed by atoms with van der Waals surface area (Å²) in [5.41, 5.74) is 0.199. The van der Waals surface area contributed by atoms with Gasteiger partial charge in [0.1, 0.15) is 5.75 Å². The Bertz CT molecular complexity index is 328. The summed E-state index contributed by atoms with van der Waals surface area (Å²) in [6, 6.07) is 6.12. The Morgan fingerprint density at radius 1 is 1.40 bits per heavy atom. The fourth-order valence-electron chi connectivity index (χ4n) is 0.878. The van der Waals surface area contributed by atoms with E-state index in [0.717, 1.165) is 0 Å². The van der Waals surface area contributed by atoms with E-state index in [1.165, 1.54) is 12.1 Å². The lowest BCUT2D eigenvalue weighted by Gasteiger charge is -2.09. The maximum atomic E-state index is 11.1. The van der Waals surface area contributed by atoms with Crippen LogP contribution in [0.1, 0.15) is 0 Å². The Kier molecular flexibility index (Phi) is 5.32. The molecule has 0 aromatic heterocycles. The van der Waals surface area contributed by atoms with Gasteiger partial charge >= 0.3 is 0 Å². The molecule has 0 spiro atoms. The molecule has 1 atom stereocenters. The van der Waals surface area contributed by atoms with Gasteiger partial charge in [0, 0.05) is 0 Å². The van der Waals surface area contributed by atoms with E-state index in [0.29, 0.717) is 0 Å². The fourth-order valence-corrected chi connectivity index (χ4v) is 0.878. The minimum absolute atomic E-state index is 0. The maximum Gasteiger partial charge on any atom is 0.255 e. The molecular formula is C9H13NO5. The van der Waals surface area contributed by atoms with Gasteiger partial charge in [-0.3, -0.25) is 4.79 Å². The zero-order chi connectivity index (χ0) is 10.6. The van der Waals surface area contributed by atoms with Gasteiger partial charge in [0.05, 0.1) is 12.3 Å². The number of aliphatic hydroxyl groups excluding tert-OH is 2. The van der Waals surface area contributed by atoms with Gasteiger partial charge in [0.25, 0.3) is 5.91 Å². The monoisotopic (exact) mass is 215 g/mol. The number of hydrogen-bond acceptors (Lipinski definition) is 4. The zero-order valence-corrected chi connectivity index (χ0v) is 7.84. The van der Waals surface area contributed by atoms with Crippen molar-refractivity contribution in [1.29, 1.82) is 0 Å². The molecule has 1 unspecified atom stereocenters. The first-order valence-electron chi connectivity index (χ1n) is 4.03. The van der Waals surface area contributed by atoms with Crippen LogP contribution in [0.5, 0.6) is 5.75 Å². The number of hydrogen-bond donors (Lipinski definition) is 4. The molecule has 1 amide bonds. The third-order valence-electron chi connectivity index (χ3n) is 1.64. The molecule has 0 saturated carbocycles. The molecule has 6 nitrogen and oxygen atoms in total. The molecule has 0 bridgehead atoms. The molecule has 6 N–H and O–H groups in total. The van der Waals surface area contributed by atoms with E-state index >= 15 is 0 Å². The summed E-state index contributed by atoms with van der Waals surface area (Å²) in [6.07, 6.45) is -1.48. The Morgan fingerprint density at radius 2 is 2.00 bits per heavy atom. The average molecular weight is 215 g/mol. The number of phenolic OH excluding ortho intramolecular Hbond substituents is 1. The van der Waals surface area contributed by atoms with Gasteiger partial charge in [-0.1, -0.05) is 12.1 Å². The molecular weight excluding hydrogens is 202 g/mol. The van der Waals surface area contributed by atoms with Crippen LogP contribution in [-0.2, 0) is 4.79 Å². The van der Waals surface area contributed by atoms with Crippen LogP contribution in [0.15, 0.2) is 24.3 Å². The third kappa shape index (κ3) is 3.55. The molecule has 0 heterocycles. The highest BCUT2D eigenvalue weighted by atomic mass is 16.3. The molecule has 0 aliphatic carbocycles. The number of carbonyl (C=O) groups is 1. The molecule has 15 heavy (non-hydrogen) atoms. The van der Waals surface area contributed by atoms with Crippen LogP contribution in [0.2, 0.25) is 0 Å². The second kappa shape index (κ2) is 5.97. The number of benzene rings is 1. The normalized spacial score (nSPS) is 11.3. The van der Waals surface area contributed by atoms with Gasteiger partial charge in [-0.15, -0.1) is 0 Å². The van der Waals surface area contributed by atoms with Crippen molar-refractivity contribution in [2.75, 3.05) is 11.9 Å². The SMILES string of the molecule is O.O=C(Nc1ccccc1O)C(O)CO. The Labute approximate surface area is 86.1 Å². The molecule has 1 aromatic rings. The van der Waals surface area contributed by atoms with E-state index in [9.17, 15) is 9.90 Å². The number of amides is 1. The van der Waals surface area contributed by atoms with Gasteiger partial charge in [0.15, 0.2) is 6.10 Å². The first kappa shape index (κ1) is 13.4. The standard InChI is InChI=1S/C9H11NO4.H2O/c11-5-8(13)9(14)10-6-3-1-2-4-7(6)12;/h1-4,8,11-13H,5H2,(H,10,14);1H2. The summed E-state index contributed by atoms with van der Waals surface area (Å²) in [5, 5.41) is 28.9. The van der Waals surface area contributed by atoms with Gasteiger partial charge in [0.2, 0.25) is 0 Å². The Hall–Kier alpha value is -1.63. The van der Waals surface area contributed by atoms with Crippen LogP contribution in [0.4, 0.5) is 5.69 Å². The summed E-state index contributed by atoms with van der Waals surface area (Å²) in [5.74, 6) is -0.847. The van der Waals surface area contributed by atoms with Crippen LogP contribution in [-0.4, -0.2) is 39.4 Å². The van der Waals surface area contributed by atoms with E-state index in [4.69, 9.17) is 10.2 Å². The fraction of sp³-hybridized carbons (Fsp3) is 0.222. The summed E-state index contributed by atoms with van der Waals surface area (Å²) in [7, 11) is 0. The lowest BCUT2D eigenvalue weighted by atomic mass is 10.2. The van der Waals surface area contributed by atoms with Crippen molar-refractivity contribution < 1.29 is 25.6 Å². The quantitative estimate of drug-likeness (QED) is 0.476. The molecule has 0 aliphatic heterocycles.